The van der Waals surface area contributed by atoms with Crippen LogP contribution < -0.4 is 5.32 Å². The van der Waals surface area contributed by atoms with Crippen LogP contribution in [0.5, 0.6) is 0 Å². The maximum Gasteiger partial charge on any atom is 0.303 e. The Balaban J connectivity index is 1.47. The molecule has 0 saturated carbocycles. The first-order chi connectivity index (χ1) is 16.3. The summed E-state index contributed by atoms with van der Waals surface area (Å²) in [7, 11) is 0. The van der Waals surface area contributed by atoms with E-state index in [1.54, 1.807) is 24.3 Å². The molecule has 1 atom stereocenters. The van der Waals surface area contributed by atoms with Gasteiger partial charge in [-0.1, -0.05) is 60.3 Å². The van der Waals surface area contributed by atoms with Crippen LogP contribution in [0.15, 0.2) is 42.5 Å². The highest BCUT2D eigenvalue weighted by Crippen LogP contribution is 2.32. The Morgan fingerprint density at radius 1 is 0.971 bits per heavy atom. The molecule has 0 spiro atoms. The minimum absolute atomic E-state index is 0.0155. The van der Waals surface area contributed by atoms with Gasteiger partial charge in [-0.3, -0.25) is 14.4 Å². The Morgan fingerprint density at radius 3 is 2.38 bits per heavy atom. The van der Waals surface area contributed by atoms with E-state index in [4.69, 9.17) is 28.3 Å². The lowest BCUT2D eigenvalue weighted by atomic mass is 10.0. The normalized spacial score (nSPS) is 14.8. The van der Waals surface area contributed by atoms with Gasteiger partial charge in [-0.05, 0) is 72.2 Å². The molecular formula is C27H29Cl2NO4. The zero-order valence-electron chi connectivity index (χ0n) is 19.0. The molecule has 0 bridgehead atoms. The average molecular weight is 502 g/mol. The summed E-state index contributed by atoms with van der Waals surface area (Å²) in [5.74, 6) is -0.774. The predicted octanol–water partition coefficient (Wildman–Crippen LogP) is 6.35. The number of carboxylic acid groups (broad SMARTS) is 1. The molecule has 0 aromatic heterocycles. The Kier molecular flexibility index (Phi) is 9.73. The number of hydrogen-bond donors (Lipinski definition) is 2. The van der Waals surface area contributed by atoms with Crippen molar-refractivity contribution in [3.05, 3.63) is 74.8 Å². The molecule has 7 heteroatoms. The number of unbranched alkanes of at least 4 members (excludes halogenated alkanes) is 3. The second-order valence-electron chi connectivity index (χ2n) is 8.68. The molecule has 2 aromatic rings. The molecule has 1 aliphatic carbocycles. The number of rotatable bonds is 12. The molecule has 2 N–H and O–H groups in total. The van der Waals surface area contributed by atoms with Crippen molar-refractivity contribution in [1.29, 1.82) is 0 Å². The van der Waals surface area contributed by atoms with E-state index in [1.165, 1.54) is 5.56 Å². The van der Waals surface area contributed by atoms with Crippen molar-refractivity contribution < 1.29 is 19.5 Å². The molecule has 0 fully saturated rings. The van der Waals surface area contributed by atoms with Crippen LogP contribution in [0.1, 0.15) is 73.2 Å². The summed E-state index contributed by atoms with van der Waals surface area (Å²) < 4.78 is 0. The number of halogens is 2. The number of nitrogens with one attached hydrogen (secondary N) is 1. The van der Waals surface area contributed by atoms with Gasteiger partial charge in [0.25, 0.3) is 0 Å². The number of carboxylic acids is 1. The fourth-order valence-electron chi connectivity index (χ4n) is 4.24. The summed E-state index contributed by atoms with van der Waals surface area (Å²) in [6.07, 6.45) is 9.12. The van der Waals surface area contributed by atoms with Crippen LogP contribution >= 0.6 is 23.2 Å². The van der Waals surface area contributed by atoms with Gasteiger partial charge in [0.2, 0.25) is 5.91 Å². The molecule has 1 unspecified atom stereocenters. The number of carbonyl (C=O) groups is 3. The number of aliphatic carboxylic acids is 1. The summed E-state index contributed by atoms with van der Waals surface area (Å²) in [5, 5.41) is 12.8. The van der Waals surface area contributed by atoms with Crippen LogP contribution in [0.2, 0.25) is 10.0 Å². The number of ketones is 1. The lowest BCUT2D eigenvalue weighted by Gasteiger charge is -2.14. The molecule has 34 heavy (non-hydrogen) atoms. The fraction of sp³-hybridized carbons (Fsp3) is 0.370. The average Bonchev–Trinajstić information content (AvgIpc) is 3.15. The Morgan fingerprint density at radius 2 is 1.68 bits per heavy atom. The molecule has 180 valence electrons. The van der Waals surface area contributed by atoms with Gasteiger partial charge in [0, 0.05) is 29.3 Å². The minimum Gasteiger partial charge on any atom is -0.481 e. The van der Waals surface area contributed by atoms with Gasteiger partial charge in [-0.2, -0.15) is 0 Å². The third-order valence-electron chi connectivity index (χ3n) is 5.89. The standard InChI is InChI=1S/C27H29Cl2NO4/c28-21-14-19(15-22(29)17-21)16-23(31)10-7-18-8-11-24-20(13-18)9-12-25(24)30-26(32)5-3-1-2-4-6-27(33)34/h7-8,10-11,13-15,17,25H,1-6,9,12,16H2,(H,30,32)(H,33,34)/b10-7+. The van der Waals surface area contributed by atoms with Crippen LogP contribution in [0.4, 0.5) is 0 Å². The first-order valence-corrected chi connectivity index (χ1v) is 12.4. The van der Waals surface area contributed by atoms with E-state index in [0.29, 0.717) is 22.9 Å². The molecule has 0 heterocycles. The summed E-state index contributed by atoms with van der Waals surface area (Å²) in [4.78, 5) is 35.2. The number of aryl methyl sites for hydroxylation is 1. The summed E-state index contributed by atoms with van der Waals surface area (Å²) in [5.41, 5.74) is 4.05. The topological polar surface area (TPSA) is 83.5 Å². The zero-order chi connectivity index (χ0) is 24.5. The van der Waals surface area contributed by atoms with Crippen LogP contribution in [0.25, 0.3) is 6.08 Å². The second kappa shape index (κ2) is 12.7. The van der Waals surface area contributed by atoms with E-state index < -0.39 is 5.97 Å². The van der Waals surface area contributed by atoms with E-state index in [1.807, 2.05) is 18.2 Å². The van der Waals surface area contributed by atoms with Crippen LogP contribution in [0, 0.1) is 0 Å². The fourth-order valence-corrected chi connectivity index (χ4v) is 4.81. The van der Waals surface area contributed by atoms with Crippen LogP contribution in [0.3, 0.4) is 0 Å². The minimum atomic E-state index is -0.772. The first kappa shape index (κ1) is 26.0. The van der Waals surface area contributed by atoms with Gasteiger partial charge in [0.15, 0.2) is 5.78 Å². The molecule has 5 nitrogen and oxygen atoms in total. The highest BCUT2D eigenvalue weighted by atomic mass is 35.5. The molecule has 1 amide bonds. The third kappa shape index (κ3) is 8.30. The SMILES string of the molecule is O=C(O)CCCCCCC(=O)NC1CCc2cc(/C=C/C(=O)Cc3cc(Cl)cc(Cl)c3)ccc21. The van der Waals surface area contributed by atoms with Crippen molar-refractivity contribution in [2.45, 2.75) is 63.8 Å². The lowest BCUT2D eigenvalue weighted by molar-refractivity contribution is -0.137. The maximum atomic E-state index is 12.3. The largest absolute Gasteiger partial charge is 0.481 e. The number of carbonyl (C=O) groups excluding carboxylic acids is 2. The van der Waals surface area contributed by atoms with Gasteiger partial charge in [-0.25, -0.2) is 0 Å². The smallest absolute Gasteiger partial charge is 0.303 e. The molecule has 0 aliphatic heterocycles. The summed E-state index contributed by atoms with van der Waals surface area (Å²) in [6, 6.07) is 11.2. The van der Waals surface area contributed by atoms with Gasteiger partial charge >= 0.3 is 5.97 Å². The van der Waals surface area contributed by atoms with Gasteiger partial charge < -0.3 is 10.4 Å². The van der Waals surface area contributed by atoms with Gasteiger partial charge in [-0.15, -0.1) is 0 Å². The molecule has 2 aromatic carbocycles. The summed E-state index contributed by atoms with van der Waals surface area (Å²) in [6.45, 7) is 0. The van der Waals surface area contributed by atoms with E-state index in [0.717, 1.165) is 48.8 Å². The van der Waals surface area contributed by atoms with E-state index in [9.17, 15) is 14.4 Å². The van der Waals surface area contributed by atoms with Crippen molar-refractivity contribution in [2.24, 2.45) is 0 Å². The van der Waals surface area contributed by atoms with Crippen LogP contribution in [-0.2, 0) is 27.2 Å². The molecular weight excluding hydrogens is 473 g/mol. The predicted molar refractivity (Wildman–Crippen MR) is 135 cm³/mol. The Hall–Kier alpha value is -2.63. The van der Waals surface area contributed by atoms with Crippen molar-refractivity contribution >= 4 is 46.9 Å². The zero-order valence-corrected chi connectivity index (χ0v) is 20.5. The van der Waals surface area contributed by atoms with Crippen molar-refractivity contribution in [2.75, 3.05) is 0 Å². The molecule has 1 aliphatic rings. The van der Waals surface area contributed by atoms with Crippen molar-refractivity contribution in [3.8, 4) is 0 Å². The van der Waals surface area contributed by atoms with E-state index in [2.05, 4.69) is 11.4 Å². The maximum absolute atomic E-state index is 12.3. The Labute approximate surface area is 210 Å². The Bertz CT molecular complexity index is 1060. The first-order valence-electron chi connectivity index (χ1n) is 11.6. The number of amides is 1. The second-order valence-corrected chi connectivity index (χ2v) is 9.55. The number of allylic oxidation sites excluding steroid dienone is 1. The van der Waals surface area contributed by atoms with Gasteiger partial charge in [0.05, 0.1) is 6.04 Å². The van der Waals surface area contributed by atoms with Crippen molar-refractivity contribution in [1.82, 2.24) is 5.32 Å². The number of hydrogen-bond acceptors (Lipinski definition) is 3. The third-order valence-corrected chi connectivity index (χ3v) is 6.32. The molecule has 0 saturated heterocycles. The number of benzene rings is 2. The highest BCUT2D eigenvalue weighted by Gasteiger charge is 2.23. The van der Waals surface area contributed by atoms with E-state index in [-0.39, 0.29) is 30.6 Å². The van der Waals surface area contributed by atoms with Crippen molar-refractivity contribution in [3.63, 3.8) is 0 Å². The van der Waals surface area contributed by atoms with Gasteiger partial charge in [0.1, 0.15) is 0 Å². The molecule has 3 rings (SSSR count). The van der Waals surface area contributed by atoms with Crippen LogP contribution in [-0.4, -0.2) is 22.8 Å². The van der Waals surface area contributed by atoms with E-state index >= 15 is 0 Å². The quantitative estimate of drug-likeness (QED) is 0.262. The number of fused-ring (bicyclic) bond motifs is 1. The summed E-state index contributed by atoms with van der Waals surface area (Å²) >= 11 is 12.0. The lowest BCUT2D eigenvalue weighted by Crippen LogP contribution is -2.26. The molecule has 0 radical (unpaired) electrons. The monoisotopic (exact) mass is 501 g/mol. The highest BCUT2D eigenvalue weighted by molar-refractivity contribution is 6.34.